The van der Waals surface area contributed by atoms with Crippen molar-refractivity contribution in [2.45, 2.75) is 0 Å². The van der Waals surface area contributed by atoms with Crippen molar-refractivity contribution in [2.24, 2.45) is 0 Å². The molecule has 0 amide bonds. The van der Waals surface area contributed by atoms with E-state index in [1.54, 1.807) is 13.3 Å². The van der Waals surface area contributed by atoms with Crippen LogP contribution in [0.1, 0.15) is 0 Å². The summed E-state index contributed by atoms with van der Waals surface area (Å²) in [5.41, 5.74) is 2.00. The van der Waals surface area contributed by atoms with Crippen LogP contribution in [0, 0.1) is 10.1 Å². The number of fused-ring (bicyclic) bond motifs is 1. The Morgan fingerprint density at radius 2 is 1.92 bits per heavy atom. The topological polar surface area (TPSA) is 81.0 Å². The number of aromatic nitrogens is 1. The van der Waals surface area contributed by atoms with Gasteiger partial charge >= 0.3 is 0 Å². The molecule has 0 aliphatic carbocycles. The molecule has 0 bridgehead atoms. The molecule has 2 aromatic rings. The summed E-state index contributed by atoms with van der Waals surface area (Å²) in [6, 6.07) is 7.95. The normalized spacial score (nSPS) is 14.3. The van der Waals surface area contributed by atoms with Crippen LogP contribution in [0.5, 0.6) is 5.75 Å². The smallest absolute Gasteiger partial charge is 0.294 e. The lowest BCUT2D eigenvalue weighted by atomic mass is 10.1. The van der Waals surface area contributed by atoms with Gasteiger partial charge in [-0.05, 0) is 12.1 Å². The first kappa shape index (κ1) is 22.0. The predicted molar refractivity (Wildman–Crippen MR) is 104 cm³/mol. The van der Waals surface area contributed by atoms with E-state index in [1.807, 2.05) is 18.2 Å². The second-order valence-electron chi connectivity index (χ2n) is 5.57. The fourth-order valence-electron chi connectivity index (χ4n) is 3.03. The number of hydrogen-bond acceptors (Lipinski definition) is 7. The minimum atomic E-state index is -0.743. The molecule has 8 nitrogen and oxygen atoms in total. The van der Waals surface area contributed by atoms with E-state index in [2.05, 4.69) is 25.7 Å². The molecule has 2 heterocycles. The molecule has 0 N–H and O–H groups in total. The summed E-state index contributed by atoms with van der Waals surface area (Å²) in [7, 11) is 1.65. The molecule has 3 rings (SSSR count). The number of anilines is 1. The number of halogens is 2. The minimum Gasteiger partial charge on any atom is -0.494 e. The zero-order chi connectivity index (χ0) is 16.9. The molecule has 0 atom stereocenters. The second-order valence-corrected chi connectivity index (χ2v) is 5.57. The van der Waals surface area contributed by atoms with E-state index in [9.17, 15) is 10.1 Å². The molecular weight excluding hydrogens is 383 g/mol. The maximum absolute atomic E-state index is 10.2. The third kappa shape index (κ3) is 5.00. The first-order valence-electron chi connectivity index (χ1n) is 7.85. The molecule has 0 spiro atoms. The van der Waals surface area contributed by atoms with Gasteiger partial charge in [0, 0.05) is 50.0 Å². The van der Waals surface area contributed by atoms with Crippen molar-refractivity contribution in [3.8, 4) is 5.75 Å². The lowest BCUT2D eigenvalue weighted by Gasteiger charge is -2.36. The summed E-state index contributed by atoms with van der Waals surface area (Å²) in [4.78, 5) is 23.5. The SMILES string of the molecule is COc1cccc2c(N3CCN(CCO[N+](=O)[O-])CC3)ccnc12.Cl.Cl. The van der Waals surface area contributed by atoms with Gasteiger partial charge in [-0.25, -0.2) is 0 Å². The monoisotopic (exact) mass is 404 g/mol. The van der Waals surface area contributed by atoms with Gasteiger partial charge in [0.15, 0.2) is 0 Å². The van der Waals surface area contributed by atoms with Crippen LogP contribution in [-0.2, 0) is 4.84 Å². The highest BCUT2D eigenvalue weighted by molar-refractivity contribution is 5.95. The fourth-order valence-corrected chi connectivity index (χ4v) is 3.03. The van der Waals surface area contributed by atoms with Crippen LogP contribution >= 0.6 is 24.8 Å². The first-order chi connectivity index (χ1) is 11.7. The quantitative estimate of drug-likeness (QED) is 0.539. The van der Waals surface area contributed by atoms with Gasteiger partial charge in [0.05, 0.1) is 7.11 Å². The molecule has 0 radical (unpaired) electrons. The highest BCUT2D eigenvalue weighted by Crippen LogP contribution is 2.31. The number of nitrogens with zero attached hydrogens (tertiary/aromatic N) is 4. The van der Waals surface area contributed by atoms with Crippen molar-refractivity contribution in [3.63, 3.8) is 0 Å². The van der Waals surface area contributed by atoms with Gasteiger partial charge in [0.25, 0.3) is 5.09 Å². The van der Waals surface area contributed by atoms with Gasteiger partial charge in [0.1, 0.15) is 17.9 Å². The summed E-state index contributed by atoms with van der Waals surface area (Å²) < 4.78 is 5.39. The number of hydrogen-bond donors (Lipinski definition) is 0. The Morgan fingerprint density at radius 3 is 2.58 bits per heavy atom. The molecule has 1 saturated heterocycles. The number of rotatable bonds is 6. The second kappa shape index (κ2) is 10.2. The fraction of sp³-hybridized carbons (Fsp3) is 0.438. The third-order valence-electron chi connectivity index (χ3n) is 4.25. The molecule has 1 aromatic heterocycles. The van der Waals surface area contributed by atoms with Crippen molar-refractivity contribution >= 4 is 41.4 Å². The number of benzene rings is 1. The lowest BCUT2D eigenvalue weighted by molar-refractivity contribution is -0.757. The van der Waals surface area contributed by atoms with E-state index in [-0.39, 0.29) is 31.4 Å². The minimum absolute atomic E-state index is 0. The predicted octanol–water partition coefficient (Wildman–Crippen LogP) is 2.42. The van der Waals surface area contributed by atoms with Crippen LogP contribution in [0.3, 0.4) is 0 Å². The summed E-state index contributed by atoms with van der Waals surface area (Å²) in [5, 5.41) is 10.5. The van der Waals surface area contributed by atoms with Gasteiger partial charge in [-0.15, -0.1) is 34.9 Å². The lowest BCUT2D eigenvalue weighted by Crippen LogP contribution is -2.47. The summed E-state index contributed by atoms with van der Waals surface area (Å²) in [5.74, 6) is 0.768. The number of methoxy groups -OCH3 is 1. The average molecular weight is 405 g/mol. The first-order valence-corrected chi connectivity index (χ1v) is 7.85. The standard InChI is InChI=1S/C16H20N4O4.2ClH/c1-23-15-4-2-3-13-14(5-6-17-16(13)15)19-9-7-18(8-10-19)11-12-24-20(21)22;;/h2-6H,7-12H2,1H3;2*1H. The van der Waals surface area contributed by atoms with Crippen LogP contribution < -0.4 is 9.64 Å². The van der Waals surface area contributed by atoms with E-state index in [0.29, 0.717) is 6.54 Å². The molecule has 0 saturated carbocycles. The number of piperazine rings is 1. The highest BCUT2D eigenvalue weighted by Gasteiger charge is 2.19. The third-order valence-corrected chi connectivity index (χ3v) is 4.25. The van der Waals surface area contributed by atoms with E-state index in [1.165, 1.54) is 0 Å². The van der Waals surface area contributed by atoms with Crippen LogP contribution in [0.15, 0.2) is 30.5 Å². The van der Waals surface area contributed by atoms with Gasteiger partial charge in [-0.3, -0.25) is 9.88 Å². The molecule has 26 heavy (non-hydrogen) atoms. The van der Waals surface area contributed by atoms with Crippen molar-refractivity contribution in [1.29, 1.82) is 0 Å². The largest absolute Gasteiger partial charge is 0.494 e. The Kier molecular flexibility index (Phi) is 8.64. The van der Waals surface area contributed by atoms with Crippen molar-refractivity contribution in [2.75, 3.05) is 51.3 Å². The Hall–Kier alpha value is -2.03. The molecule has 1 aromatic carbocycles. The maximum atomic E-state index is 10.2. The molecule has 10 heteroatoms. The van der Waals surface area contributed by atoms with Gasteiger partial charge in [-0.1, -0.05) is 12.1 Å². The van der Waals surface area contributed by atoms with E-state index < -0.39 is 5.09 Å². The summed E-state index contributed by atoms with van der Waals surface area (Å²) >= 11 is 0. The Bertz CT molecular complexity index is 726. The van der Waals surface area contributed by atoms with E-state index in [4.69, 9.17) is 4.74 Å². The molecular formula is C16H22Cl2N4O4. The highest BCUT2D eigenvalue weighted by atomic mass is 35.5. The van der Waals surface area contributed by atoms with Crippen molar-refractivity contribution in [1.82, 2.24) is 9.88 Å². The van der Waals surface area contributed by atoms with Crippen LogP contribution in [-0.4, -0.2) is 61.4 Å². The molecule has 0 unspecified atom stereocenters. The van der Waals surface area contributed by atoms with Gasteiger partial charge in [-0.2, -0.15) is 0 Å². The van der Waals surface area contributed by atoms with E-state index in [0.717, 1.165) is 48.5 Å². The zero-order valence-electron chi connectivity index (χ0n) is 14.4. The molecule has 1 aliphatic rings. The Balaban J connectivity index is 0.00000169. The number of pyridine rings is 1. The number of ether oxygens (including phenoxy) is 1. The van der Waals surface area contributed by atoms with Gasteiger partial charge in [0.2, 0.25) is 0 Å². The Morgan fingerprint density at radius 1 is 1.19 bits per heavy atom. The van der Waals surface area contributed by atoms with Crippen LogP contribution in [0.4, 0.5) is 5.69 Å². The maximum Gasteiger partial charge on any atom is 0.294 e. The Labute approximate surface area is 164 Å². The van der Waals surface area contributed by atoms with Gasteiger partial charge < -0.3 is 14.5 Å². The molecule has 1 fully saturated rings. The zero-order valence-corrected chi connectivity index (χ0v) is 16.0. The van der Waals surface area contributed by atoms with E-state index >= 15 is 0 Å². The van der Waals surface area contributed by atoms with Crippen LogP contribution in [0.2, 0.25) is 0 Å². The summed E-state index contributed by atoms with van der Waals surface area (Å²) in [6.07, 6.45) is 1.80. The summed E-state index contributed by atoms with van der Waals surface area (Å²) in [6.45, 7) is 4.08. The number of para-hydroxylation sites is 1. The van der Waals surface area contributed by atoms with Crippen molar-refractivity contribution < 1.29 is 14.7 Å². The average Bonchev–Trinajstić information content (AvgIpc) is 2.61. The molecule has 144 valence electrons. The van der Waals surface area contributed by atoms with Crippen molar-refractivity contribution in [3.05, 3.63) is 40.6 Å². The van der Waals surface area contributed by atoms with Crippen LogP contribution in [0.25, 0.3) is 10.9 Å². The molecule has 1 aliphatic heterocycles.